The van der Waals surface area contributed by atoms with Gasteiger partial charge in [0.05, 0.1) is 19.3 Å². The number of benzene rings is 2. The summed E-state index contributed by atoms with van der Waals surface area (Å²) in [5.41, 5.74) is 0.524. The van der Waals surface area contributed by atoms with E-state index in [0.29, 0.717) is 17.8 Å². The highest BCUT2D eigenvalue weighted by Gasteiger charge is 2.50. The fourth-order valence-electron chi connectivity index (χ4n) is 4.76. The number of nitrogens with zero attached hydrogens (tertiary/aromatic N) is 3. The van der Waals surface area contributed by atoms with Crippen molar-refractivity contribution in [2.24, 2.45) is 0 Å². The van der Waals surface area contributed by atoms with Gasteiger partial charge in [-0.05, 0) is 21.5 Å². The summed E-state index contributed by atoms with van der Waals surface area (Å²) in [5, 5.41) is 2.36. The van der Waals surface area contributed by atoms with Gasteiger partial charge in [-0.2, -0.15) is 0 Å². The van der Waals surface area contributed by atoms with E-state index in [1.165, 1.54) is 16.7 Å². The lowest BCUT2D eigenvalue weighted by Crippen LogP contribution is -2.67. The van der Waals surface area contributed by atoms with Gasteiger partial charge in [0.1, 0.15) is 6.10 Å². The van der Waals surface area contributed by atoms with Crippen LogP contribution in [0.1, 0.15) is 27.0 Å². The molecule has 0 spiro atoms. The maximum absolute atomic E-state index is 12.0. The monoisotopic (exact) mass is 472 g/mol. The Morgan fingerprint density at radius 3 is 2.26 bits per heavy atom. The number of ether oxygens (including phenoxy) is 1. The molecule has 0 unspecified atom stereocenters. The molecule has 0 radical (unpaired) electrons. The largest absolute Gasteiger partial charge is 0.404 e. The predicted octanol–water partition coefficient (Wildman–Crippen LogP) is 3.15. The Balaban J connectivity index is 1.43. The summed E-state index contributed by atoms with van der Waals surface area (Å²) in [4.78, 5) is 23.0. The summed E-state index contributed by atoms with van der Waals surface area (Å²) in [6.45, 7) is 7.19. The van der Waals surface area contributed by atoms with Crippen LogP contribution in [-0.4, -0.2) is 40.5 Å². The standard InChI is InChI=1S/C26H28N4O3Si/c1-26(2,3)34(20-10-6-4-7-11-20,21-12-8-5-9-13-21)32-16-19-14-15-22(33-19)30-18-29-23-24(30)27-17-28-25(23)31/h4-15,17-19,22H,16H2,1-3H3,(H,27,28,31)/t19-,22+/m0/s1. The van der Waals surface area contributed by atoms with Crippen LogP contribution < -0.4 is 15.9 Å². The van der Waals surface area contributed by atoms with Gasteiger partial charge in [-0.1, -0.05) is 87.5 Å². The van der Waals surface area contributed by atoms with Gasteiger partial charge in [-0.15, -0.1) is 0 Å². The first kappa shape index (κ1) is 22.5. The number of hydrogen-bond donors (Lipinski definition) is 1. The van der Waals surface area contributed by atoms with Gasteiger partial charge in [-0.3, -0.25) is 9.36 Å². The highest BCUT2D eigenvalue weighted by molar-refractivity contribution is 6.99. The molecule has 3 heterocycles. The third-order valence-electron chi connectivity index (χ3n) is 6.32. The zero-order valence-electron chi connectivity index (χ0n) is 19.5. The third kappa shape index (κ3) is 3.83. The van der Waals surface area contributed by atoms with Gasteiger partial charge in [0.15, 0.2) is 17.4 Å². The lowest BCUT2D eigenvalue weighted by molar-refractivity contribution is -0.00308. The minimum atomic E-state index is -2.65. The quantitative estimate of drug-likeness (QED) is 0.344. The zero-order chi connectivity index (χ0) is 23.8. The van der Waals surface area contributed by atoms with Crippen molar-refractivity contribution in [3.63, 3.8) is 0 Å². The smallest absolute Gasteiger partial charge is 0.278 e. The van der Waals surface area contributed by atoms with Gasteiger partial charge in [-0.25, -0.2) is 9.97 Å². The van der Waals surface area contributed by atoms with Crippen molar-refractivity contribution in [2.75, 3.05) is 6.61 Å². The van der Waals surface area contributed by atoms with Crippen molar-refractivity contribution in [1.82, 2.24) is 19.5 Å². The van der Waals surface area contributed by atoms with Crippen LogP contribution in [0.25, 0.3) is 11.2 Å². The Morgan fingerprint density at radius 1 is 1.00 bits per heavy atom. The molecule has 34 heavy (non-hydrogen) atoms. The Morgan fingerprint density at radius 2 is 1.65 bits per heavy atom. The fourth-order valence-corrected chi connectivity index (χ4v) is 9.33. The molecule has 7 nitrogen and oxygen atoms in total. The van der Waals surface area contributed by atoms with E-state index in [2.05, 4.69) is 84.3 Å². The Bertz CT molecular complexity index is 1320. The van der Waals surface area contributed by atoms with Crippen molar-refractivity contribution in [1.29, 1.82) is 0 Å². The molecule has 2 aromatic carbocycles. The van der Waals surface area contributed by atoms with E-state index < -0.39 is 14.5 Å². The van der Waals surface area contributed by atoms with Crippen LogP contribution in [0.5, 0.6) is 0 Å². The summed E-state index contributed by atoms with van der Waals surface area (Å²) in [6, 6.07) is 21.1. The molecule has 1 N–H and O–H groups in total. The second-order valence-corrected chi connectivity index (χ2v) is 13.8. The molecule has 1 aliphatic heterocycles. The van der Waals surface area contributed by atoms with Crippen LogP contribution >= 0.6 is 0 Å². The molecule has 1 aliphatic rings. The molecule has 5 rings (SSSR count). The van der Waals surface area contributed by atoms with Crippen molar-refractivity contribution < 1.29 is 9.16 Å². The molecule has 2 atom stereocenters. The number of hydrogen-bond acceptors (Lipinski definition) is 5. The molecule has 174 valence electrons. The SMILES string of the molecule is CC(C)(C)[Si](OC[C@@H]1C=C[C@H](n2cnc3c(=O)[nH]cnc32)O1)(c1ccccc1)c1ccccc1. The normalized spacial score (nSPS) is 18.6. The third-order valence-corrected chi connectivity index (χ3v) is 11.3. The van der Waals surface area contributed by atoms with Crippen molar-refractivity contribution in [3.05, 3.63) is 95.8 Å². The summed E-state index contributed by atoms with van der Waals surface area (Å²) < 4.78 is 15.0. The summed E-state index contributed by atoms with van der Waals surface area (Å²) >= 11 is 0. The second-order valence-electron chi connectivity index (χ2n) is 9.48. The van der Waals surface area contributed by atoms with E-state index in [1.807, 2.05) is 24.3 Å². The molecule has 0 fully saturated rings. The van der Waals surface area contributed by atoms with Crippen LogP contribution in [0.3, 0.4) is 0 Å². The molecular weight excluding hydrogens is 444 g/mol. The van der Waals surface area contributed by atoms with E-state index >= 15 is 0 Å². The summed E-state index contributed by atoms with van der Waals surface area (Å²) in [5.74, 6) is 0. The predicted molar refractivity (Wildman–Crippen MR) is 135 cm³/mol. The molecule has 0 bridgehead atoms. The summed E-state index contributed by atoms with van der Waals surface area (Å²) in [7, 11) is -2.65. The van der Waals surface area contributed by atoms with Gasteiger partial charge in [0.2, 0.25) is 0 Å². The highest BCUT2D eigenvalue weighted by atomic mass is 28.4. The van der Waals surface area contributed by atoms with E-state index in [0.717, 1.165) is 0 Å². The zero-order valence-corrected chi connectivity index (χ0v) is 20.5. The molecule has 2 aromatic heterocycles. The van der Waals surface area contributed by atoms with E-state index in [1.54, 1.807) is 10.9 Å². The van der Waals surface area contributed by atoms with Gasteiger partial charge < -0.3 is 14.1 Å². The topological polar surface area (TPSA) is 82.0 Å². The first-order chi connectivity index (χ1) is 16.4. The molecular formula is C26H28N4O3Si. The van der Waals surface area contributed by atoms with Crippen LogP contribution in [0, 0.1) is 0 Å². The first-order valence-corrected chi connectivity index (χ1v) is 13.3. The fraction of sp³-hybridized carbons (Fsp3) is 0.269. The number of aromatic nitrogens is 4. The number of H-pyrrole nitrogens is 1. The average Bonchev–Trinajstić information content (AvgIpc) is 3.48. The van der Waals surface area contributed by atoms with Crippen LogP contribution in [0.2, 0.25) is 5.04 Å². The van der Waals surface area contributed by atoms with Crippen molar-refractivity contribution in [3.8, 4) is 0 Å². The van der Waals surface area contributed by atoms with Crippen molar-refractivity contribution in [2.45, 2.75) is 38.1 Å². The van der Waals surface area contributed by atoms with Gasteiger partial charge in [0.25, 0.3) is 13.9 Å². The minimum absolute atomic E-state index is 0.108. The van der Waals surface area contributed by atoms with Gasteiger partial charge in [0, 0.05) is 0 Å². The molecule has 0 saturated heterocycles. The number of imidazole rings is 1. The molecule has 4 aromatic rings. The van der Waals surface area contributed by atoms with E-state index in [4.69, 9.17) is 9.16 Å². The van der Waals surface area contributed by atoms with Gasteiger partial charge >= 0.3 is 0 Å². The van der Waals surface area contributed by atoms with E-state index in [9.17, 15) is 4.79 Å². The number of nitrogens with one attached hydrogen (secondary N) is 1. The number of fused-ring (bicyclic) bond motifs is 1. The maximum Gasteiger partial charge on any atom is 0.278 e. The molecule has 0 saturated carbocycles. The average molecular weight is 473 g/mol. The molecule has 0 amide bonds. The lowest BCUT2D eigenvalue weighted by atomic mass is 10.2. The molecule has 0 aliphatic carbocycles. The van der Waals surface area contributed by atoms with Crippen molar-refractivity contribution >= 4 is 29.9 Å². The van der Waals surface area contributed by atoms with Crippen LogP contribution in [0.15, 0.2) is 90.3 Å². The Labute approximate surface area is 199 Å². The molecule has 8 heteroatoms. The van der Waals surface area contributed by atoms with E-state index in [-0.39, 0.29) is 16.7 Å². The maximum atomic E-state index is 12.0. The Kier molecular flexibility index (Phi) is 5.81. The van der Waals surface area contributed by atoms with Crippen LogP contribution in [-0.2, 0) is 9.16 Å². The summed E-state index contributed by atoms with van der Waals surface area (Å²) in [6.07, 6.45) is 6.32. The first-order valence-electron chi connectivity index (χ1n) is 11.4. The second kappa shape index (κ2) is 8.79. The lowest BCUT2D eigenvalue weighted by Gasteiger charge is -2.43. The highest BCUT2D eigenvalue weighted by Crippen LogP contribution is 2.37. The number of rotatable bonds is 6. The minimum Gasteiger partial charge on any atom is -0.404 e. The number of aromatic amines is 1. The Hall–Kier alpha value is -3.33. The van der Waals surface area contributed by atoms with Crippen LogP contribution in [0.4, 0.5) is 0 Å².